The highest BCUT2D eigenvalue weighted by molar-refractivity contribution is 7.10. The number of rotatable bonds is 2. The molecule has 0 atom stereocenters. The van der Waals surface area contributed by atoms with Gasteiger partial charge in [0, 0.05) is 22.9 Å². The highest BCUT2D eigenvalue weighted by Gasteiger charge is 2.13. The van der Waals surface area contributed by atoms with Crippen molar-refractivity contribution in [3.05, 3.63) is 40.0 Å². The van der Waals surface area contributed by atoms with Crippen molar-refractivity contribution >= 4 is 22.5 Å². The van der Waals surface area contributed by atoms with E-state index in [-0.39, 0.29) is 0 Å². The van der Waals surface area contributed by atoms with Gasteiger partial charge < -0.3 is 0 Å². The molecule has 3 aromatic rings. The Morgan fingerprint density at radius 2 is 2.11 bits per heavy atom. The molecule has 18 heavy (non-hydrogen) atoms. The summed E-state index contributed by atoms with van der Waals surface area (Å²) < 4.78 is 2.16. The molecule has 0 fully saturated rings. The van der Waals surface area contributed by atoms with Crippen molar-refractivity contribution in [2.45, 2.75) is 27.2 Å². The average Bonchev–Trinajstić information content (AvgIpc) is 2.91. The Hall–Kier alpha value is -1.68. The minimum Gasteiger partial charge on any atom is -0.280 e. The van der Waals surface area contributed by atoms with E-state index in [2.05, 4.69) is 45.9 Å². The van der Waals surface area contributed by atoms with Crippen molar-refractivity contribution in [2.24, 2.45) is 0 Å². The number of hydrogen-bond acceptors (Lipinski definition) is 3. The van der Waals surface area contributed by atoms with Crippen molar-refractivity contribution < 1.29 is 0 Å². The van der Waals surface area contributed by atoms with Crippen molar-refractivity contribution in [1.82, 2.24) is 14.5 Å². The van der Waals surface area contributed by atoms with Gasteiger partial charge in [-0.1, -0.05) is 6.92 Å². The largest absolute Gasteiger partial charge is 0.280 e. The van der Waals surface area contributed by atoms with E-state index in [0.717, 1.165) is 29.0 Å². The molecule has 0 saturated carbocycles. The Bertz CT molecular complexity index is 709. The normalized spacial score (nSPS) is 11.3. The van der Waals surface area contributed by atoms with E-state index < -0.39 is 0 Å². The van der Waals surface area contributed by atoms with Gasteiger partial charge in [-0.3, -0.25) is 4.57 Å². The SMILES string of the molecule is CCc1nc2cc(C)cnc2n1-c1csc(C)c1. The highest BCUT2D eigenvalue weighted by Crippen LogP contribution is 2.24. The third kappa shape index (κ3) is 1.73. The summed E-state index contributed by atoms with van der Waals surface area (Å²) in [5, 5.41) is 2.16. The second-order valence-corrected chi connectivity index (χ2v) is 5.60. The quantitative estimate of drug-likeness (QED) is 0.701. The number of fused-ring (bicyclic) bond motifs is 1. The zero-order valence-corrected chi connectivity index (χ0v) is 11.6. The predicted octanol–water partition coefficient (Wildman–Crippen LogP) is 3.66. The molecule has 3 heterocycles. The maximum absolute atomic E-state index is 4.68. The lowest BCUT2D eigenvalue weighted by Crippen LogP contribution is -1.99. The molecule has 92 valence electrons. The smallest absolute Gasteiger partial charge is 0.164 e. The van der Waals surface area contributed by atoms with Gasteiger partial charge in [0.25, 0.3) is 0 Å². The summed E-state index contributed by atoms with van der Waals surface area (Å²) in [5.41, 5.74) is 4.26. The van der Waals surface area contributed by atoms with Crippen LogP contribution in [0.15, 0.2) is 23.7 Å². The first-order chi connectivity index (χ1) is 8.69. The maximum atomic E-state index is 4.68. The summed E-state index contributed by atoms with van der Waals surface area (Å²) in [6.45, 7) is 6.30. The molecule has 0 amide bonds. The number of aryl methyl sites for hydroxylation is 3. The molecule has 3 nitrogen and oxygen atoms in total. The van der Waals surface area contributed by atoms with E-state index in [1.165, 1.54) is 10.6 Å². The molecule has 0 aromatic carbocycles. The number of aromatic nitrogens is 3. The topological polar surface area (TPSA) is 30.7 Å². The molecule has 0 spiro atoms. The molecule has 0 bridgehead atoms. The van der Waals surface area contributed by atoms with E-state index >= 15 is 0 Å². The van der Waals surface area contributed by atoms with Crippen molar-refractivity contribution in [3.8, 4) is 5.69 Å². The number of nitrogens with zero attached hydrogens (tertiary/aromatic N) is 3. The third-order valence-electron chi connectivity index (χ3n) is 2.99. The van der Waals surface area contributed by atoms with Crippen molar-refractivity contribution in [2.75, 3.05) is 0 Å². The minimum absolute atomic E-state index is 0.907. The molecule has 0 saturated heterocycles. The van der Waals surface area contributed by atoms with Crippen LogP contribution in [-0.4, -0.2) is 14.5 Å². The third-order valence-corrected chi connectivity index (χ3v) is 3.84. The van der Waals surface area contributed by atoms with E-state index in [9.17, 15) is 0 Å². The standard InChI is InChI=1S/C14H15N3S/c1-4-13-16-12-5-9(2)7-15-14(12)17(13)11-6-10(3)18-8-11/h5-8H,4H2,1-3H3. The molecule has 0 aliphatic heterocycles. The van der Waals surface area contributed by atoms with Gasteiger partial charge in [-0.05, 0) is 31.5 Å². The van der Waals surface area contributed by atoms with Gasteiger partial charge in [-0.15, -0.1) is 11.3 Å². The molecule has 0 aliphatic carbocycles. The zero-order chi connectivity index (χ0) is 12.7. The van der Waals surface area contributed by atoms with Crippen molar-refractivity contribution in [1.29, 1.82) is 0 Å². The van der Waals surface area contributed by atoms with Gasteiger partial charge in [0.2, 0.25) is 0 Å². The van der Waals surface area contributed by atoms with Crippen LogP contribution >= 0.6 is 11.3 Å². The van der Waals surface area contributed by atoms with E-state index in [4.69, 9.17) is 0 Å². The second-order valence-electron chi connectivity index (χ2n) is 4.49. The van der Waals surface area contributed by atoms with Crippen LogP contribution in [0.1, 0.15) is 23.2 Å². The summed E-state index contributed by atoms with van der Waals surface area (Å²) in [6.07, 6.45) is 2.81. The lowest BCUT2D eigenvalue weighted by Gasteiger charge is -2.04. The molecule has 0 unspecified atom stereocenters. The zero-order valence-electron chi connectivity index (χ0n) is 10.8. The Morgan fingerprint density at radius 3 is 2.78 bits per heavy atom. The first-order valence-corrected chi connectivity index (χ1v) is 6.96. The van der Waals surface area contributed by atoms with Crippen LogP contribution < -0.4 is 0 Å². The summed E-state index contributed by atoms with van der Waals surface area (Å²) in [6, 6.07) is 4.28. The lowest BCUT2D eigenvalue weighted by molar-refractivity contribution is 0.904. The van der Waals surface area contributed by atoms with Crippen LogP contribution in [0.5, 0.6) is 0 Å². The van der Waals surface area contributed by atoms with Crippen LogP contribution in [0.4, 0.5) is 0 Å². The summed E-state index contributed by atoms with van der Waals surface area (Å²) in [7, 11) is 0. The maximum Gasteiger partial charge on any atom is 0.164 e. The summed E-state index contributed by atoms with van der Waals surface area (Å²) in [4.78, 5) is 10.5. The van der Waals surface area contributed by atoms with Gasteiger partial charge in [0.15, 0.2) is 5.65 Å². The van der Waals surface area contributed by atoms with E-state index in [1.807, 2.05) is 13.1 Å². The summed E-state index contributed by atoms with van der Waals surface area (Å²) >= 11 is 1.76. The number of thiophene rings is 1. The van der Waals surface area contributed by atoms with Crippen LogP contribution in [-0.2, 0) is 6.42 Å². The number of hydrogen-bond donors (Lipinski definition) is 0. The van der Waals surface area contributed by atoms with Crippen LogP contribution in [0.3, 0.4) is 0 Å². The van der Waals surface area contributed by atoms with Crippen LogP contribution in [0.25, 0.3) is 16.9 Å². The minimum atomic E-state index is 0.907. The summed E-state index contributed by atoms with van der Waals surface area (Å²) in [5.74, 6) is 1.07. The van der Waals surface area contributed by atoms with E-state index in [0.29, 0.717) is 0 Å². The van der Waals surface area contributed by atoms with Crippen LogP contribution in [0, 0.1) is 13.8 Å². The molecular weight excluding hydrogens is 242 g/mol. The van der Waals surface area contributed by atoms with Gasteiger partial charge in [-0.25, -0.2) is 9.97 Å². The van der Waals surface area contributed by atoms with Crippen molar-refractivity contribution in [3.63, 3.8) is 0 Å². The fourth-order valence-corrected chi connectivity index (χ4v) is 2.84. The Kier molecular flexibility index (Phi) is 2.67. The molecule has 0 aliphatic rings. The van der Waals surface area contributed by atoms with Gasteiger partial charge in [0.1, 0.15) is 11.3 Å². The molecule has 0 N–H and O–H groups in total. The first-order valence-electron chi connectivity index (χ1n) is 6.08. The molecule has 4 heteroatoms. The highest BCUT2D eigenvalue weighted by atomic mass is 32.1. The fourth-order valence-electron chi connectivity index (χ4n) is 2.17. The molecule has 0 radical (unpaired) electrons. The van der Waals surface area contributed by atoms with E-state index in [1.54, 1.807) is 11.3 Å². The Balaban J connectivity index is 2.32. The Morgan fingerprint density at radius 1 is 1.28 bits per heavy atom. The van der Waals surface area contributed by atoms with Gasteiger partial charge >= 0.3 is 0 Å². The average molecular weight is 257 g/mol. The second kappa shape index (κ2) is 4.21. The lowest BCUT2D eigenvalue weighted by atomic mass is 10.3. The predicted molar refractivity (Wildman–Crippen MR) is 75.6 cm³/mol. The molecular formula is C14H15N3S. The number of imidazole rings is 1. The van der Waals surface area contributed by atoms with Gasteiger partial charge in [-0.2, -0.15) is 0 Å². The first kappa shape index (κ1) is 11.4. The van der Waals surface area contributed by atoms with Gasteiger partial charge in [0.05, 0.1) is 5.69 Å². The monoisotopic (exact) mass is 257 g/mol. The van der Waals surface area contributed by atoms with Crippen LogP contribution in [0.2, 0.25) is 0 Å². The number of pyridine rings is 1. The molecule has 3 aromatic heterocycles. The Labute approximate surface area is 110 Å². The fraction of sp³-hybridized carbons (Fsp3) is 0.286. The molecule has 3 rings (SSSR count).